The Kier molecular flexibility index (Phi) is 5.63. The monoisotopic (exact) mass is 803 g/mol. The summed E-state index contributed by atoms with van der Waals surface area (Å²) in [4.78, 5) is 1.96. The first-order chi connectivity index (χ1) is 37.0. The van der Waals surface area contributed by atoms with Gasteiger partial charge in [-0.2, -0.15) is 0 Å². The standard InChI is InChI=1S/C60H40N2/c1-4-12-41(13-5-1)44-26-33-51(34-27-44)61(52-35-28-45(29-36-52)42-14-6-2-7-15-42)53-37-30-46(31-38-53)43-22-24-47(25-23-43)49-32-39-57-56(40-49)59-54-20-10-16-48-17-11-21-55(58(48)54)60(59)62(57)50-18-8-3-9-19-50/h1-40H/i1D,2D,3D,4D,5D,6D,7D,8D,9D,12D,13D,14D,15D,18D,19D. The molecule has 1 heterocycles. The van der Waals surface area contributed by atoms with Gasteiger partial charge in [-0.05, 0) is 121 Å². The maximum atomic E-state index is 9.01. The van der Waals surface area contributed by atoms with Gasteiger partial charge in [0.25, 0.3) is 0 Å². The van der Waals surface area contributed by atoms with Gasteiger partial charge in [0.15, 0.2) is 0 Å². The average Bonchev–Trinajstić information content (AvgIpc) is 4.05. The van der Waals surface area contributed by atoms with E-state index in [-0.39, 0.29) is 53.1 Å². The number of rotatable bonds is 8. The molecule has 1 aliphatic rings. The molecular formula is C60H40N2. The third kappa shape index (κ3) is 6.04. The summed E-state index contributed by atoms with van der Waals surface area (Å²) in [5, 5.41) is 2.96. The lowest BCUT2D eigenvalue weighted by Gasteiger charge is -2.26. The van der Waals surface area contributed by atoms with E-state index in [1.807, 2.05) is 88.3 Å². The zero-order valence-corrected chi connectivity index (χ0v) is 32.8. The SMILES string of the molecule is [2H]c1c([2H])c([2H])c(-c2ccc(N(c3ccc(-c4ccc(-c5ccc6c(c5)c5c(n6-c6c([2H])c([2H])c([2H])c([2H])c6[2H])-c6cccc7cccc-5c67)cc4)cc3)c3ccc(-c4c([2H])c([2H])c([2H])c([2H])c4[2H])cc3)cc2)c([2H])c1[2H]. The molecule has 0 fully saturated rings. The fraction of sp³-hybridized carbons (Fsp3) is 0. The highest BCUT2D eigenvalue weighted by Gasteiger charge is 2.29. The van der Waals surface area contributed by atoms with Gasteiger partial charge < -0.3 is 9.47 Å². The summed E-state index contributed by atoms with van der Waals surface area (Å²) in [7, 11) is 0. The second-order valence-corrected chi connectivity index (χ2v) is 15.0. The zero-order valence-electron chi connectivity index (χ0n) is 47.8. The van der Waals surface area contributed by atoms with Crippen LogP contribution in [0.3, 0.4) is 0 Å². The van der Waals surface area contributed by atoms with Gasteiger partial charge in [0, 0.05) is 39.3 Å². The Morgan fingerprint density at radius 1 is 0.371 bits per heavy atom. The molecule has 1 aromatic heterocycles. The Morgan fingerprint density at radius 3 is 1.31 bits per heavy atom. The number of benzene rings is 10. The maximum Gasteiger partial charge on any atom is 0.0645 e. The van der Waals surface area contributed by atoms with E-state index in [1.54, 1.807) is 48.5 Å². The van der Waals surface area contributed by atoms with Crippen molar-refractivity contribution >= 4 is 38.7 Å². The lowest BCUT2D eigenvalue weighted by Crippen LogP contribution is -2.09. The van der Waals surface area contributed by atoms with Crippen LogP contribution in [0.15, 0.2) is 242 Å². The molecule has 11 aromatic rings. The van der Waals surface area contributed by atoms with Gasteiger partial charge in [-0.15, -0.1) is 0 Å². The fourth-order valence-electron chi connectivity index (χ4n) is 8.78. The van der Waals surface area contributed by atoms with E-state index in [9.17, 15) is 0 Å². The van der Waals surface area contributed by atoms with Gasteiger partial charge in [-0.25, -0.2) is 0 Å². The summed E-state index contributed by atoms with van der Waals surface area (Å²) in [5.74, 6) is 0. The van der Waals surface area contributed by atoms with Crippen LogP contribution in [0.1, 0.15) is 20.6 Å². The molecular weight excluding hydrogens is 749 g/mol. The molecule has 10 aromatic carbocycles. The highest BCUT2D eigenvalue weighted by molar-refractivity contribution is 6.22. The molecule has 0 saturated carbocycles. The number of aromatic nitrogens is 1. The topological polar surface area (TPSA) is 8.17 Å². The van der Waals surface area contributed by atoms with E-state index in [4.69, 9.17) is 20.6 Å². The smallest absolute Gasteiger partial charge is 0.0645 e. The van der Waals surface area contributed by atoms with Crippen LogP contribution in [-0.4, -0.2) is 4.57 Å². The highest BCUT2D eigenvalue weighted by Crippen LogP contribution is 2.53. The van der Waals surface area contributed by atoms with Crippen LogP contribution in [0, 0.1) is 0 Å². The molecule has 0 radical (unpaired) electrons. The Hall–Kier alpha value is -8.20. The van der Waals surface area contributed by atoms with Crippen LogP contribution in [-0.2, 0) is 0 Å². The Morgan fingerprint density at radius 2 is 0.790 bits per heavy atom. The summed E-state index contributed by atoms with van der Waals surface area (Å²) in [6, 6.07) is 42.5. The number of hydrogen-bond donors (Lipinski definition) is 0. The van der Waals surface area contributed by atoms with Crippen molar-refractivity contribution in [3.8, 4) is 72.6 Å². The first-order valence-corrected chi connectivity index (χ1v) is 20.1. The molecule has 0 N–H and O–H groups in total. The summed E-state index contributed by atoms with van der Waals surface area (Å²) < 4.78 is 129. The summed E-state index contributed by atoms with van der Waals surface area (Å²) in [6.45, 7) is 0. The third-order valence-corrected chi connectivity index (χ3v) is 11.6. The molecule has 12 rings (SSSR count). The van der Waals surface area contributed by atoms with Crippen LogP contribution in [0.5, 0.6) is 0 Å². The van der Waals surface area contributed by atoms with E-state index in [1.165, 1.54) is 0 Å². The third-order valence-electron chi connectivity index (χ3n) is 11.6. The highest BCUT2D eigenvalue weighted by atomic mass is 15.1. The van der Waals surface area contributed by atoms with Crippen molar-refractivity contribution in [2.75, 3.05) is 4.90 Å². The van der Waals surface area contributed by atoms with Crippen molar-refractivity contribution in [3.05, 3.63) is 242 Å². The fourth-order valence-corrected chi connectivity index (χ4v) is 8.78. The van der Waals surface area contributed by atoms with Crippen molar-refractivity contribution in [2.24, 2.45) is 0 Å². The number of hydrogen-bond acceptors (Lipinski definition) is 1. The molecule has 2 heteroatoms. The molecule has 0 bridgehead atoms. The van der Waals surface area contributed by atoms with Gasteiger partial charge in [0.05, 0.1) is 31.8 Å². The number of anilines is 3. The van der Waals surface area contributed by atoms with Gasteiger partial charge in [0.2, 0.25) is 0 Å². The minimum Gasteiger partial charge on any atom is -0.311 e. The average molecular weight is 804 g/mol. The summed E-state index contributed by atoms with van der Waals surface area (Å²) >= 11 is 0. The molecule has 0 amide bonds. The molecule has 0 atom stereocenters. The van der Waals surface area contributed by atoms with Gasteiger partial charge in [-0.1, -0.05) is 182 Å². The molecule has 0 unspecified atom stereocenters. The van der Waals surface area contributed by atoms with Crippen molar-refractivity contribution in [3.63, 3.8) is 0 Å². The Labute approximate surface area is 382 Å². The molecule has 290 valence electrons. The molecule has 1 aliphatic carbocycles. The van der Waals surface area contributed by atoms with E-state index < -0.39 is 54.4 Å². The van der Waals surface area contributed by atoms with E-state index >= 15 is 0 Å². The predicted octanol–water partition coefficient (Wildman–Crippen LogP) is 16.6. The Bertz CT molecular complexity index is 4100. The van der Waals surface area contributed by atoms with Crippen molar-refractivity contribution in [1.29, 1.82) is 0 Å². The van der Waals surface area contributed by atoms with Crippen LogP contribution >= 0.6 is 0 Å². The largest absolute Gasteiger partial charge is 0.311 e. The number of nitrogens with zero attached hydrogens (tertiary/aromatic N) is 2. The van der Waals surface area contributed by atoms with E-state index in [0.29, 0.717) is 28.0 Å². The van der Waals surface area contributed by atoms with Crippen LogP contribution < -0.4 is 4.90 Å². The van der Waals surface area contributed by atoms with Gasteiger partial charge in [-0.3, -0.25) is 0 Å². The van der Waals surface area contributed by atoms with Crippen molar-refractivity contribution < 1.29 is 20.6 Å². The van der Waals surface area contributed by atoms with Crippen LogP contribution in [0.2, 0.25) is 0 Å². The molecule has 0 saturated heterocycles. The van der Waals surface area contributed by atoms with Gasteiger partial charge >= 0.3 is 0 Å². The quantitative estimate of drug-likeness (QED) is 0.149. The minimum absolute atomic E-state index is 0.0755. The molecule has 2 nitrogen and oxygen atoms in total. The Balaban J connectivity index is 0.912. The van der Waals surface area contributed by atoms with Gasteiger partial charge in [0.1, 0.15) is 0 Å². The second kappa shape index (κ2) is 14.8. The first kappa shape index (κ1) is 23.6. The van der Waals surface area contributed by atoms with E-state index in [0.717, 1.165) is 66.5 Å². The van der Waals surface area contributed by atoms with Crippen molar-refractivity contribution in [2.45, 2.75) is 0 Å². The molecule has 0 aliphatic heterocycles. The minimum atomic E-state index is -0.477. The zero-order chi connectivity index (χ0) is 54.0. The van der Waals surface area contributed by atoms with Crippen LogP contribution in [0.4, 0.5) is 17.1 Å². The maximum absolute atomic E-state index is 9.01. The predicted molar refractivity (Wildman–Crippen MR) is 262 cm³/mol. The van der Waals surface area contributed by atoms with Crippen molar-refractivity contribution in [1.82, 2.24) is 4.57 Å². The summed E-state index contributed by atoms with van der Waals surface area (Å²) in [6.07, 6.45) is 0. The number of para-hydroxylation sites is 1. The molecule has 0 spiro atoms. The van der Waals surface area contributed by atoms with Crippen LogP contribution in [0.25, 0.3) is 94.3 Å². The summed E-state index contributed by atoms with van der Waals surface area (Å²) in [5.41, 5.74) is 11.3. The second-order valence-electron chi connectivity index (χ2n) is 15.0. The molecule has 62 heavy (non-hydrogen) atoms. The first-order valence-electron chi connectivity index (χ1n) is 27.6. The normalized spacial score (nSPS) is 14.9. The lowest BCUT2D eigenvalue weighted by molar-refractivity contribution is 1.14. The van der Waals surface area contributed by atoms with E-state index in [2.05, 4.69) is 24.3 Å². The number of fused-ring (bicyclic) bond motifs is 5. The lowest BCUT2D eigenvalue weighted by atomic mass is 9.97.